The fourth-order valence-corrected chi connectivity index (χ4v) is 5.96. The van der Waals surface area contributed by atoms with Crippen LogP contribution in [0.5, 0.6) is 0 Å². The number of hydrogen-bond acceptors (Lipinski definition) is 3. The Kier molecular flexibility index (Phi) is 3.79. The molecule has 1 aromatic rings. The SMILES string of the molecule is O=C(CN1CCCc2ccccc21)NN=C1C2CC3CC(C2)CC1C3. The Morgan fingerprint density at radius 1 is 1.08 bits per heavy atom. The zero-order valence-electron chi connectivity index (χ0n) is 14.8. The molecule has 0 radical (unpaired) electrons. The molecule has 1 N–H and O–H groups in total. The van der Waals surface area contributed by atoms with Crippen molar-refractivity contribution in [1.29, 1.82) is 0 Å². The van der Waals surface area contributed by atoms with Crippen LogP contribution in [0.4, 0.5) is 5.69 Å². The molecule has 0 atom stereocenters. The van der Waals surface area contributed by atoms with E-state index in [1.807, 2.05) is 0 Å². The van der Waals surface area contributed by atoms with E-state index in [9.17, 15) is 4.79 Å². The second kappa shape index (κ2) is 6.15. The second-order valence-electron chi connectivity index (χ2n) is 8.53. The van der Waals surface area contributed by atoms with Gasteiger partial charge >= 0.3 is 0 Å². The molecule has 0 aromatic heterocycles. The number of aryl methyl sites for hydroxylation is 1. The molecule has 4 aliphatic carbocycles. The molecule has 4 heteroatoms. The third-order valence-corrected chi connectivity index (χ3v) is 6.83. The van der Waals surface area contributed by atoms with E-state index in [0.29, 0.717) is 18.4 Å². The molecule has 0 unspecified atom stereocenters. The van der Waals surface area contributed by atoms with E-state index >= 15 is 0 Å². The lowest BCUT2D eigenvalue weighted by Crippen LogP contribution is -2.47. The van der Waals surface area contributed by atoms with Crippen LogP contribution in [0.1, 0.15) is 44.1 Å². The number of benzene rings is 1. The van der Waals surface area contributed by atoms with Gasteiger partial charge in [-0.05, 0) is 80.2 Å². The minimum Gasteiger partial charge on any atom is -0.362 e. The lowest BCUT2D eigenvalue weighted by Gasteiger charge is -2.50. The number of amides is 1. The van der Waals surface area contributed by atoms with E-state index in [0.717, 1.165) is 31.2 Å². The summed E-state index contributed by atoms with van der Waals surface area (Å²) in [5.74, 6) is 3.18. The summed E-state index contributed by atoms with van der Waals surface area (Å²) in [4.78, 5) is 14.7. The molecule has 1 heterocycles. The van der Waals surface area contributed by atoms with Gasteiger partial charge in [-0.15, -0.1) is 0 Å². The van der Waals surface area contributed by atoms with E-state index in [1.165, 1.54) is 49.1 Å². The van der Waals surface area contributed by atoms with Gasteiger partial charge in [0.1, 0.15) is 0 Å². The summed E-state index contributed by atoms with van der Waals surface area (Å²) in [6.45, 7) is 1.37. The van der Waals surface area contributed by atoms with Crippen LogP contribution in [0.2, 0.25) is 0 Å². The fourth-order valence-electron chi connectivity index (χ4n) is 5.96. The zero-order valence-corrected chi connectivity index (χ0v) is 14.8. The molecule has 0 saturated heterocycles. The van der Waals surface area contributed by atoms with Crippen molar-refractivity contribution in [2.24, 2.45) is 28.8 Å². The van der Waals surface area contributed by atoms with Gasteiger partial charge in [-0.25, -0.2) is 5.43 Å². The normalized spacial score (nSPS) is 32.5. The van der Waals surface area contributed by atoms with Crippen LogP contribution in [0.15, 0.2) is 29.4 Å². The molecule has 0 spiro atoms. The average molecular weight is 337 g/mol. The minimum absolute atomic E-state index is 0.0259. The van der Waals surface area contributed by atoms with Crippen molar-refractivity contribution in [3.05, 3.63) is 29.8 Å². The van der Waals surface area contributed by atoms with Crippen molar-refractivity contribution in [3.63, 3.8) is 0 Å². The molecule has 4 bridgehead atoms. The van der Waals surface area contributed by atoms with E-state index in [1.54, 1.807) is 0 Å². The molecule has 6 rings (SSSR count). The number of carbonyl (C=O) groups is 1. The summed E-state index contributed by atoms with van der Waals surface area (Å²) >= 11 is 0. The highest BCUT2D eigenvalue weighted by Crippen LogP contribution is 2.52. The highest BCUT2D eigenvalue weighted by atomic mass is 16.2. The van der Waals surface area contributed by atoms with Crippen molar-refractivity contribution in [3.8, 4) is 0 Å². The van der Waals surface area contributed by atoms with Crippen LogP contribution in [0, 0.1) is 23.7 Å². The van der Waals surface area contributed by atoms with Crippen LogP contribution < -0.4 is 10.3 Å². The summed E-state index contributed by atoms with van der Waals surface area (Å²) in [6, 6.07) is 8.45. The Hall–Kier alpha value is -1.84. The van der Waals surface area contributed by atoms with Crippen molar-refractivity contribution < 1.29 is 4.79 Å². The quantitative estimate of drug-likeness (QED) is 0.860. The predicted octanol–water partition coefficient (Wildman–Crippen LogP) is 3.37. The van der Waals surface area contributed by atoms with Crippen LogP contribution >= 0.6 is 0 Å². The molecule has 25 heavy (non-hydrogen) atoms. The monoisotopic (exact) mass is 337 g/mol. The Bertz CT molecular complexity index is 681. The van der Waals surface area contributed by atoms with Gasteiger partial charge in [-0.2, -0.15) is 5.10 Å². The lowest BCUT2D eigenvalue weighted by molar-refractivity contribution is -0.119. The maximum Gasteiger partial charge on any atom is 0.259 e. The summed E-state index contributed by atoms with van der Waals surface area (Å²) in [6.07, 6.45) is 8.90. The number of hydrogen-bond donors (Lipinski definition) is 1. The van der Waals surface area contributed by atoms with Crippen LogP contribution in [-0.4, -0.2) is 24.7 Å². The first-order chi connectivity index (χ1) is 12.3. The Morgan fingerprint density at radius 3 is 2.56 bits per heavy atom. The van der Waals surface area contributed by atoms with Crippen molar-refractivity contribution in [1.82, 2.24) is 5.43 Å². The zero-order chi connectivity index (χ0) is 16.8. The maximum absolute atomic E-state index is 12.5. The van der Waals surface area contributed by atoms with Gasteiger partial charge in [0.05, 0.1) is 6.54 Å². The predicted molar refractivity (Wildman–Crippen MR) is 99.6 cm³/mol. The Labute approximate surface area is 149 Å². The van der Waals surface area contributed by atoms with E-state index < -0.39 is 0 Å². The molecule has 1 amide bonds. The molecular formula is C21H27N3O. The molecule has 4 saturated carbocycles. The van der Waals surface area contributed by atoms with Gasteiger partial charge in [0.2, 0.25) is 0 Å². The van der Waals surface area contributed by atoms with Gasteiger partial charge in [0.25, 0.3) is 5.91 Å². The highest BCUT2D eigenvalue weighted by molar-refractivity contribution is 5.92. The largest absolute Gasteiger partial charge is 0.362 e. The van der Waals surface area contributed by atoms with Gasteiger partial charge in [0, 0.05) is 17.9 Å². The van der Waals surface area contributed by atoms with Gasteiger partial charge in [0.15, 0.2) is 0 Å². The highest BCUT2D eigenvalue weighted by Gasteiger charge is 2.46. The number of rotatable bonds is 3. The van der Waals surface area contributed by atoms with Gasteiger partial charge in [-0.1, -0.05) is 18.2 Å². The number of carbonyl (C=O) groups excluding carboxylic acids is 1. The molecule has 1 aliphatic heterocycles. The number of anilines is 1. The fraction of sp³-hybridized carbons (Fsp3) is 0.619. The molecule has 4 fully saturated rings. The average Bonchev–Trinajstić information content (AvgIpc) is 2.61. The second-order valence-corrected chi connectivity index (χ2v) is 8.53. The first kappa shape index (κ1) is 15.4. The standard InChI is InChI=1S/C21H27N3O/c25-20(13-24-7-3-5-16-4-1-2-6-19(16)24)22-23-21-17-9-14-8-15(11-17)12-18(21)10-14/h1-2,4,6,14-15,17-18H,3,5,7-13H2,(H,22,25). The Balaban J connectivity index is 1.25. The first-order valence-electron chi connectivity index (χ1n) is 9.95. The summed E-state index contributed by atoms with van der Waals surface area (Å²) in [5.41, 5.74) is 6.77. The molecule has 1 aromatic carbocycles. The lowest BCUT2D eigenvalue weighted by atomic mass is 9.55. The number of hydrazone groups is 1. The van der Waals surface area contributed by atoms with Gasteiger partial charge in [-0.3, -0.25) is 4.79 Å². The van der Waals surface area contributed by atoms with Crippen LogP contribution in [0.25, 0.3) is 0 Å². The van der Waals surface area contributed by atoms with Crippen molar-refractivity contribution in [2.75, 3.05) is 18.0 Å². The van der Waals surface area contributed by atoms with Gasteiger partial charge < -0.3 is 4.90 Å². The van der Waals surface area contributed by atoms with E-state index in [4.69, 9.17) is 0 Å². The van der Waals surface area contributed by atoms with E-state index in [-0.39, 0.29) is 5.91 Å². The van der Waals surface area contributed by atoms with Crippen LogP contribution in [0.3, 0.4) is 0 Å². The van der Waals surface area contributed by atoms with Crippen LogP contribution in [-0.2, 0) is 11.2 Å². The molecule has 4 nitrogen and oxygen atoms in total. The number of para-hydroxylation sites is 1. The maximum atomic E-state index is 12.5. The number of nitrogens with zero attached hydrogens (tertiary/aromatic N) is 2. The van der Waals surface area contributed by atoms with Crippen molar-refractivity contribution in [2.45, 2.75) is 44.9 Å². The van der Waals surface area contributed by atoms with E-state index in [2.05, 4.69) is 39.7 Å². The third-order valence-electron chi connectivity index (χ3n) is 6.83. The summed E-state index contributed by atoms with van der Waals surface area (Å²) in [5, 5.41) is 4.63. The number of nitrogens with one attached hydrogen (secondary N) is 1. The Morgan fingerprint density at radius 2 is 1.80 bits per heavy atom. The summed E-state index contributed by atoms with van der Waals surface area (Å²) in [7, 11) is 0. The summed E-state index contributed by atoms with van der Waals surface area (Å²) < 4.78 is 0. The first-order valence-corrected chi connectivity index (χ1v) is 9.95. The molecular weight excluding hydrogens is 310 g/mol. The number of fused-ring (bicyclic) bond motifs is 1. The molecule has 5 aliphatic rings. The minimum atomic E-state index is 0.0259. The third kappa shape index (κ3) is 2.86. The van der Waals surface area contributed by atoms with Crippen molar-refractivity contribution >= 4 is 17.3 Å². The molecule has 132 valence electrons. The topological polar surface area (TPSA) is 44.7 Å². The smallest absolute Gasteiger partial charge is 0.259 e.